The lowest BCUT2D eigenvalue weighted by atomic mass is 10.2. The highest BCUT2D eigenvalue weighted by molar-refractivity contribution is 7.98. The summed E-state index contributed by atoms with van der Waals surface area (Å²) in [5, 5.41) is 0. The lowest BCUT2D eigenvalue weighted by Crippen LogP contribution is -2.20. The fourth-order valence-corrected chi connectivity index (χ4v) is 4.77. The zero-order chi connectivity index (χ0) is 20.8. The summed E-state index contributed by atoms with van der Waals surface area (Å²) < 4.78 is 19.5. The van der Waals surface area contributed by atoms with Crippen molar-refractivity contribution < 1.29 is 19.0 Å². The monoisotopic (exact) mass is 432 g/mol. The highest BCUT2D eigenvalue weighted by Crippen LogP contribution is 2.35. The van der Waals surface area contributed by atoms with Crippen molar-refractivity contribution in [2.75, 3.05) is 33.7 Å². The van der Waals surface area contributed by atoms with Crippen molar-refractivity contribution in [1.82, 2.24) is 4.57 Å². The Labute approximate surface area is 178 Å². The molecule has 0 radical (unpaired) electrons. The van der Waals surface area contributed by atoms with Gasteiger partial charge in [-0.2, -0.15) is 4.99 Å². The third-order valence-corrected chi connectivity index (χ3v) is 6.28. The molecule has 1 amide bonds. The molecule has 29 heavy (non-hydrogen) atoms. The van der Waals surface area contributed by atoms with Crippen LogP contribution in [0.5, 0.6) is 11.5 Å². The minimum Gasteiger partial charge on any atom is -0.495 e. The van der Waals surface area contributed by atoms with Crippen molar-refractivity contribution >= 4 is 39.2 Å². The Morgan fingerprint density at radius 1 is 1.14 bits per heavy atom. The summed E-state index contributed by atoms with van der Waals surface area (Å²) in [4.78, 5) is 18.9. The van der Waals surface area contributed by atoms with Crippen molar-refractivity contribution in [3.8, 4) is 11.5 Å². The Kier molecular flexibility index (Phi) is 7.35. The molecule has 1 heterocycles. The zero-order valence-corrected chi connectivity index (χ0v) is 18.6. The number of carbonyl (C=O) groups excluding carboxylic acids is 1. The SMILES string of the molecule is CCOCCn1c(=NC(=O)c2ccccc2SC)sc2c(OC)ccc(OC)c21. The fourth-order valence-electron chi connectivity index (χ4n) is 3.02. The highest BCUT2D eigenvalue weighted by Gasteiger charge is 2.17. The van der Waals surface area contributed by atoms with Crippen LogP contribution in [0.3, 0.4) is 0 Å². The van der Waals surface area contributed by atoms with E-state index in [1.54, 1.807) is 20.3 Å². The maximum Gasteiger partial charge on any atom is 0.280 e. The van der Waals surface area contributed by atoms with E-state index < -0.39 is 0 Å². The predicted octanol–water partition coefficient (Wildman–Crippen LogP) is 4.22. The van der Waals surface area contributed by atoms with Gasteiger partial charge in [0.25, 0.3) is 5.91 Å². The van der Waals surface area contributed by atoms with Crippen molar-refractivity contribution in [2.24, 2.45) is 4.99 Å². The number of hydrogen-bond donors (Lipinski definition) is 0. The molecule has 3 rings (SSSR count). The number of ether oxygens (including phenoxy) is 3. The van der Waals surface area contributed by atoms with E-state index in [0.717, 1.165) is 20.9 Å². The maximum absolute atomic E-state index is 13.0. The molecule has 0 aliphatic rings. The van der Waals surface area contributed by atoms with E-state index in [9.17, 15) is 4.79 Å². The molecule has 8 heteroatoms. The van der Waals surface area contributed by atoms with Gasteiger partial charge in [-0.15, -0.1) is 11.8 Å². The first-order valence-corrected chi connectivity index (χ1v) is 11.2. The number of benzene rings is 2. The number of carbonyl (C=O) groups is 1. The van der Waals surface area contributed by atoms with Crippen LogP contribution in [-0.4, -0.2) is 44.2 Å². The minimum atomic E-state index is -0.274. The van der Waals surface area contributed by atoms with Crippen LogP contribution in [0.1, 0.15) is 17.3 Å². The van der Waals surface area contributed by atoms with Crippen LogP contribution >= 0.6 is 23.1 Å². The van der Waals surface area contributed by atoms with Gasteiger partial charge < -0.3 is 18.8 Å². The number of nitrogens with zero attached hydrogens (tertiary/aromatic N) is 2. The molecule has 0 saturated carbocycles. The van der Waals surface area contributed by atoms with Gasteiger partial charge in [-0.25, -0.2) is 0 Å². The molecule has 0 fully saturated rings. The molecule has 0 N–H and O–H groups in total. The summed E-state index contributed by atoms with van der Waals surface area (Å²) >= 11 is 2.94. The summed E-state index contributed by atoms with van der Waals surface area (Å²) in [6.45, 7) is 3.63. The quantitative estimate of drug-likeness (QED) is 0.394. The first-order valence-electron chi connectivity index (χ1n) is 9.18. The van der Waals surface area contributed by atoms with E-state index in [1.807, 2.05) is 48.1 Å². The van der Waals surface area contributed by atoms with Crippen molar-refractivity contribution in [3.05, 3.63) is 46.8 Å². The third kappa shape index (κ3) is 4.49. The summed E-state index contributed by atoms with van der Waals surface area (Å²) in [7, 11) is 3.25. The van der Waals surface area contributed by atoms with E-state index in [0.29, 0.717) is 35.9 Å². The molecule has 0 aliphatic heterocycles. The maximum atomic E-state index is 13.0. The number of aromatic nitrogens is 1. The van der Waals surface area contributed by atoms with E-state index in [-0.39, 0.29) is 5.91 Å². The smallest absolute Gasteiger partial charge is 0.280 e. The Morgan fingerprint density at radius 3 is 2.55 bits per heavy atom. The second kappa shape index (κ2) is 9.96. The fraction of sp³-hybridized carbons (Fsp3) is 0.333. The summed E-state index contributed by atoms with van der Waals surface area (Å²) in [6.07, 6.45) is 1.95. The topological polar surface area (TPSA) is 62.1 Å². The van der Waals surface area contributed by atoms with Gasteiger partial charge in [0.05, 0.1) is 26.4 Å². The summed E-state index contributed by atoms with van der Waals surface area (Å²) in [5.74, 6) is 1.14. The van der Waals surface area contributed by atoms with E-state index in [1.165, 1.54) is 23.1 Å². The van der Waals surface area contributed by atoms with Crippen LogP contribution in [0.2, 0.25) is 0 Å². The molecule has 0 aliphatic carbocycles. The molecule has 3 aromatic rings. The molecular weight excluding hydrogens is 408 g/mol. The van der Waals surface area contributed by atoms with E-state index >= 15 is 0 Å². The molecule has 6 nitrogen and oxygen atoms in total. The molecule has 0 spiro atoms. The van der Waals surface area contributed by atoms with Crippen molar-refractivity contribution in [1.29, 1.82) is 0 Å². The second-order valence-electron chi connectivity index (χ2n) is 6.00. The first kappa shape index (κ1) is 21.4. The largest absolute Gasteiger partial charge is 0.495 e. The third-order valence-electron chi connectivity index (χ3n) is 4.39. The lowest BCUT2D eigenvalue weighted by molar-refractivity contribution is 0.0994. The van der Waals surface area contributed by atoms with Gasteiger partial charge in [0.2, 0.25) is 0 Å². The van der Waals surface area contributed by atoms with Gasteiger partial charge in [-0.05, 0) is 37.4 Å². The first-order chi connectivity index (χ1) is 14.1. The zero-order valence-electron chi connectivity index (χ0n) is 16.9. The molecule has 154 valence electrons. The Balaban J connectivity index is 2.21. The number of methoxy groups -OCH3 is 2. The van der Waals surface area contributed by atoms with Crippen LogP contribution in [0.4, 0.5) is 0 Å². The Bertz CT molecular complexity index is 1070. The van der Waals surface area contributed by atoms with E-state index in [4.69, 9.17) is 14.2 Å². The molecule has 0 atom stereocenters. The van der Waals surface area contributed by atoms with Gasteiger partial charge in [-0.3, -0.25) is 4.79 Å². The molecule has 1 aromatic heterocycles. The normalized spacial score (nSPS) is 11.8. The summed E-state index contributed by atoms with van der Waals surface area (Å²) in [6, 6.07) is 11.2. The average molecular weight is 433 g/mol. The molecule has 0 bridgehead atoms. The van der Waals surface area contributed by atoms with Gasteiger partial charge in [0.1, 0.15) is 21.7 Å². The van der Waals surface area contributed by atoms with Gasteiger partial charge >= 0.3 is 0 Å². The number of rotatable bonds is 8. The van der Waals surface area contributed by atoms with Gasteiger partial charge in [0.15, 0.2) is 4.80 Å². The van der Waals surface area contributed by atoms with Crippen molar-refractivity contribution in [2.45, 2.75) is 18.4 Å². The average Bonchev–Trinajstić information content (AvgIpc) is 3.11. The Morgan fingerprint density at radius 2 is 1.86 bits per heavy atom. The number of hydrogen-bond acceptors (Lipinski definition) is 6. The van der Waals surface area contributed by atoms with Crippen LogP contribution in [0, 0.1) is 0 Å². The van der Waals surface area contributed by atoms with Gasteiger partial charge in [-0.1, -0.05) is 23.5 Å². The number of thiazole rings is 1. The molecule has 2 aromatic carbocycles. The van der Waals surface area contributed by atoms with Crippen LogP contribution < -0.4 is 14.3 Å². The van der Waals surface area contributed by atoms with Crippen molar-refractivity contribution in [3.63, 3.8) is 0 Å². The number of fused-ring (bicyclic) bond motifs is 1. The minimum absolute atomic E-state index is 0.274. The van der Waals surface area contributed by atoms with E-state index in [2.05, 4.69) is 4.99 Å². The van der Waals surface area contributed by atoms with Crippen LogP contribution in [-0.2, 0) is 11.3 Å². The molecule has 0 saturated heterocycles. The molecule has 0 unspecified atom stereocenters. The Hall–Kier alpha value is -2.29. The number of amides is 1. The molecular formula is C21H24N2O4S2. The predicted molar refractivity (Wildman–Crippen MR) is 118 cm³/mol. The standard InChI is InChI=1S/C21H24N2O4S2/c1-5-27-13-12-23-18-15(25-2)10-11-16(26-3)19(18)29-21(23)22-20(24)14-8-6-7-9-17(14)28-4/h6-11H,5,12-13H2,1-4H3. The van der Waals surface area contributed by atoms with Gasteiger partial charge in [0, 0.05) is 18.0 Å². The second-order valence-corrected chi connectivity index (χ2v) is 7.82. The highest BCUT2D eigenvalue weighted by atomic mass is 32.2. The van der Waals surface area contributed by atoms with Crippen LogP contribution in [0.25, 0.3) is 10.2 Å². The van der Waals surface area contributed by atoms with Crippen LogP contribution in [0.15, 0.2) is 46.3 Å². The summed E-state index contributed by atoms with van der Waals surface area (Å²) in [5.41, 5.74) is 1.44. The lowest BCUT2D eigenvalue weighted by Gasteiger charge is -2.10. The number of thioether (sulfide) groups is 1.